The van der Waals surface area contributed by atoms with Gasteiger partial charge in [-0.15, -0.1) is 0 Å². The van der Waals surface area contributed by atoms with Gasteiger partial charge in [0.1, 0.15) is 5.75 Å². The Labute approximate surface area is 219 Å². The number of carbonyl (C=O) groups excluding carboxylic acids is 1. The zero-order valence-corrected chi connectivity index (χ0v) is 22.6. The van der Waals surface area contributed by atoms with Gasteiger partial charge in [-0.05, 0) is 78.2 Å². The summed E-state index contributed by atoms with van der Waals surface area (Å²) in [5.74, 6) is 0.461. The molecule has 1 N–H and O–H groups in total. The topological polar surface area (TPSA) is 99.4 Å². The van der Waals surface area contributed by atoms with Crippen LogP contribution in [-0.4, -0.2) is 36.0 Å². The Balaban J connectivity index is 1.93. The number of carbonyl (C=O) groups is 1. The van der Waals surface area contributed by atoms with Crippen molar-refractivity contribution in [3.05, 3.63) is 83.0 Å². The van der Waals surface area contributed by atoms with Crippen molar-refractivity contribution in [1.82, 2.24) is 4.57 Å². The lowest BCUT2D eigenvalue weighted by molar-refractivity contribution is -0.139. The molecule has 0 spiro atoms. The molecule has 0 saturated carbocycles. The first kappa shape index (κ1) is 25.7. The van der Waals surface area contributed by atoms with Crippen LogP contribution in [0.15, 0.2) is 61.9 Å². The van der Waals surface area contributed by atoms with Crippen LogP contribution in [0.2, 0.25) is 0 Å². The summed E-state index contributed by atoms with van der Waals surface area (Å²) in [4.78, 5) is 31.8. The molecule has 0 unspecified atom stereocenters. The molecule has 1 aromatic heterocycles. The van der Waals surface area contributed by atoms with Gasteiger partial charge in [-0.25, -0.2) is 9.79 Å². The number of hydrogen-bond acceptors (Lipinski definition) is 8. The van der Waals surface area contributed by atoms with Crippen LogP contribution in [-0.2, 0) is 9.53 Å². The summed E-state index contributed by atoms with van der Waals surface area (Å²) in [7, 11) is 1.57. The number of esters is 1. The van der Waals surface area contributed by atoms with E-state index in [-0.39, 0.29) is 17.9 Å². The summed E-state index contributed by atoms with van der Waals surface area (Å²) in [6.45, 7) is 5.89. The summed E-state index contributed by atoms with van der Waals surface area (Å²) in [5.41, 5.74) is 1.89. The average molecular weight is 573 g/mol. The number of phenols is 1. The third kappa shape index (κ3) is 4.83. The van der Waals surface area contributed by atoms with E-state index in [0.717, 1.165) is 0 Å². The number of methoxy groups -OCH3 is 1. The minimum atomic E-state index is -0.733. The van der Waals surface area contributed by atoms with Gasteiger partial charge in [-0.1, -0.05) is 23.5 Å². The lowest BCUT2D eigenvalue weighted by Gasteiger charge is -2.25. The molecule has 2 heterocycles. The quantitative estimate of drug-likeness (QED) is 0.434. The molecule has 0 aliphatic carbocycles. The Morgan fingerprint density at radius 3 is 2.64 bits per heavy atom. The fourth-order valence-electron chi connectivity index (χ4n) is 4.00. The van der Waals surface area contributed by atoms with Crippen LogP contribution < -0.4 is 24.4 Å². The number of aromatic nitrogens is 1. The lowest BCUT2D eigenvalue weighted by atomic mass is 9.96. The maximum atomic E-state index is 13.7. The second-order valence-electron chi connectivity index (χ2n) is 7.86. The Hall–Kier alpha value is -3.37. The van der Waals surface area contributed by atoms with Crippen molar-refractivity contribution >= 4 is 39.3 Å². The molecule has 36 heavy (non-hydrogen) atoms. The molecular formula is C26H25BrN2O6S. The lowest BCUT2D eigenvalue weighted by Crippen LogP contribution is -2.39. The van der Waals surface area contributed by atoms with E-state index in [4.69, 9.17) is 14.2 Å². The Kier molecular flexibility index (Phi) is 7.65. The molecule has 188 valence electrons. The molecule has 0 fully saturated rings. The zero-order chi connectivity index (χ0) is 26.0. The molecule has 4 rings (SSSR count). The Bertz CT molecular complexity index is 1540. The summed E-state index contributed by atoms with van der Waals surface area (Å²) in [5, 5.41) is 10.0. The Morgan fingerprint density at radius 1 is 1.19 bits per heavy atom. The second-order valence-corrected chi connectivity index (χ2v) is 9.72. The first-order valence-electron chi connectivity index (χ1n) is 11.3. The van der Waals surface area contributed by atoms with E-state index in [1.807, 2.05) is 19.1 Å². The van der Waals surface area contributed by atoms with Crippen molar-refractivity contribution in [3.8, 4) is 17.2 Å². The van der Waals surface area contributed by atoms with Crippen LogP contribution in [0.5, 0.6) is 17.2 Å². The van der Waals surface area contributed by atoms with Gasteiger partial charge in [0.2, 0.25) is 0 Å². The molecule has 1 atom stereocenters. The van der Waals surface area contributed by atoms with Crippen LogP contribution in [0.25, 0.3) is 6.08 Å². The number of thiazole rings is 1. The number of phenolic OH excluding ortho intramolecular Hbond substituents is 1. The predicted octanol–water partition coefficient (Wildman–Crippen LogP) is 3.67. The van der Waals surface area contributed by atoms with Crippen LogP contribution in [0.3, 0.4) is 0 Å². The van der Waals surface area contributed by atoms with E-state index in [0.29, 0.717) is 54.3 Å². The normalized spacial score (nSPS) is 15.4. The van der Waals surface area contributed by atoms with Gasteiger partial charge < -0.3 is 19.3 Å². The summed E-state index contributed by atoms with van der Waals surface area (Å²) in [6, 6.07) is 9.58. The van der Waals surface area contributed by atoms with E-state index in [1.165, 1.54) is 22.0 Å². The second kappa shape index (κ2) is 10.7. The van der Waals surface area contributed by atoms with Crippen LogP contribution >= 0.6 is 27.3 Å². The fraction of sp³-hybridized carbons (Fsp3) is 0.269. The number of benzene rings is 2. The molecular weight excluding hydrogens is 548 g/mol. The summed E-state index contributed by atoms with van der Waals surface area (Å²) < 4.78 is 18.8. The number of nitrogens with zero attached hydrogens (tertiary/aromatic N) is 2. The third-order valence-electron chi connectivity index (χ3n) is 5.59. The highest BCUT2D eigenvalue weighted by molar-refractivity contribution is 9.10. The highest BCUT2D eigenvalue weighted by atomic mass is 79.9. The van der Waals surface area contributed by atoms with Crippen LogP contribution in [0, 0.1) is 0 Å². The van der Waals surface area contributed by atoms with E-state index in [2.05, 4.69) is 20.9 Å². The molecule has 0 saturated heterocycles. The number of aromatic hydroxyl groups is 1. The average Bonchev–Trinajstić information content (AvgIpc) is 3.14. The minimum absolute atomic E-state index is 0.0234. The standard InChI is InChI=1S/C26H25BrN2O6S/c1-5-34-20-11-15(7-9-18(20)30)12-21-24(31)29-23(16-8-10-19(33-4)17(27)13-16)22(25(32)35-6-2)14(3)28-26(29)36-21/h7-13,23,30H,5-6H2,1-4H3/b21-12+/t23-/m1/s1. The van der Waals surface area contributed by atoms with Crippen LogP contribution in [0.1, 0.15) is 37.9 Å². The molecule has 10 heteroatoms. The van der Waals surface area contributed by atoms with Gasteiger partial charge in [0.05, 0.1) is 46.6 Å². The van der Waals surface area contributed by atoms with Gasteiger partial charge in [-0.3, -0.25) is 9.36 Å². The van der Waals surface area contributed by atoms with E-state index < -0.39 is 12.0 Å². The smallest absolute Gasteiger partial charge is 0.338 e. The van der Waals surface area contributed by atoms with Crippen molar-refractivity contribution in [2.45, 2.75) is 26.8 Å². The zero-order valence-electron chi connectivity index (χ0n) is 20.2. The number of rotatable bonds is 7. The Morgan fingerprint density at radius 2 is 1.97 bits per heavy atom. The maximum absolute atomic E-state index is 13.7. The SMILES string of the molecule is CCOC(=O)C1=C(C)N=c2s/c(=C/c3ccc(O)c(OCC)c3)c(=O)n2[C@@H]1c1ccc(OC)c(Br)c1. The number of allylic oxidation sites excluding steroid dienone is 1. The number of fused-ring (bicyclic) bond motifs is 1. The molecule has 8 nitrogen and oxygen atoms in total. The number of ether oxygens (including phenoxy) is 3. The van der Waals surface area contributed by atoms with Gasteiger partial charge in [0, 0.05) is 0 Å². The fourth-order valence-corrected chi connectivity index (χ4v) is 5.61. The number of hydrogen-bond donors (Lipinski definition) is 1. The minimum Gasteiger partial charge on any atom is -0.504 e. The highest BCUT2D eigenvalue weighted by Crippen LogP contribution is 2.35. The highest BCUT2D eigenvalue weighted by Gasteiger charge is 2.33. The molecule has 0 amide bonds. The van der Waals surface area contributed by atoms with E-state index >= 15 is 0 Å². The van der Waals surface area contributed by atoms with Gasteiger partial charge >= 0.3 is 5.97 Å². The van der Waals surface area contributed by atoms with Crippen molar-refractivity contribution in [1.29, 1.82) is 0 Å². The summed E-state index contributed by atoms with van der Waals surface area (Å²) >= 11 is 4.73. The largest absolute Gasteiger partial charge is 0.504 e. The molecule has 1 aliphatic rings. The van der Waals surface area contributed by atoms with Crippen molar-refractivity contribution in [2.24, 2.45) is 4.99 Å². The van der Waals surface area contributed by atoms with Crippen molar-refractivity contribution < 1.29 is 24.1 Å². The molecule has 3 aromatic rings. The first-order chi connectivity index (χ1) is 17.3. The molecule has 2 aromatic carbocycles. The maximum Gasteiger partial charge on any atom is 0.338 e. The van der Waals surface area contributed by atoms with E-state index in [9.17, 15) is 14.7 Å². The van der Waals surface area contributed by atoms with E-state index in [1.54, 1.807) is 45.2 Å². The van der Waals surface area contributed by atoms with Crippen molar-refractivity contribution in [3.63, 3.8) is 0 Å². The van der Waals surface area contributed by atoms with Gasteiger partial charge in [-0.2, -0.15) is 0 Å². The monoisotopic (exact) mass is 572 g/mol. The molecule has 1 aliphatic heterocycles. The molecule has 0 bridgehead atoms. The van der Waals surface area contributed by atoms with Gasteiger partial charge in [0.15, 0.2) is 16.3 Å². The molecule has 0 radical (unpaired) electrons. The van der Waals surface area contributed by atoms with Gasteiger partial charge in [0.25, 0.3) is 5.56 Å². The first-order valence-corrected chi connectivity index (χ1v) is 12.9. The summed E-state index contributed by atoms with van der Waals surface area (Å²) in [6.07, 6.45) is 1.72. The number of halogens is 1. The van der Waals surface area contributed by atoms with Crippen LogP contribution in [0.4, 0.5) is 0 Å². The van der Waals surface area contributed by atoms with Crippen molar-refractivity contribution in [2.75, 3.05) is 20.3 Å². The third-order valence-corrected chi connectivity index (χ3v) is 7.19. The predicted molar refractivity (Wildman–Crippen MR) is 140 cm³/mol.